The summed E-state index contributed by atoms with van der Waals surface area (Å²) in [5.41, 5.74) is 1.88. The van der Waals surface area contributed by atoms with Crippen molar-refractivity contribution in [1.29, 1.82) is 0 Å². The van der Waals surface area contributed by atoms with Crippen molar-refractivity contribution >= 4 is 0 Å². The highest BCUT2D eigenvalue weighted by molar-refractivity contribution is 5.29. The third-order valence-electron chi connectivity index (χ3n) is 2.58. The van der Waals surface area contributed by atoms with Gasteiger partial charge in [0.05, 0.1) is 5.69 Å². The fraction of sp³-hybridized carbons (Fsp3) is 0.417. The van der Waals surface area contributed by atoms with Crippen LogP contribution in [-0.4, -0.2) is 26.8 Å². The Kier molecular flexibility index (Phi) is 3.88. The van der Waals surface area contributed by atoms with Crippen molar-refractivity contribution in [2.45, 2.75) is 20.1 Å². The van der Waals surface area contributed by atoms with Crippen molar-refractivity contribution in [2.24, 2.45) is 7.05 Å². The molecule has 0 spiro atoms. The predicted octanol–water partition coefficient (Wildman–Crippen LogP) is 0.817. The van der Waals surface area contributed by atoms with Gasteiger partial charge in [0, 0.05) is 19.3 Å². The molecule has 0 aliphatic heterocycles. The van der Waals surface area contributed by atoms with Crippen molar-refractivity contribution < 1.29 is 4.74 Å². The van der Waals surface area contributed by atoms with Gasteiger partial charge in [-0.3, -0.25) is 4.98 Å². The summed E-state index contributed by atoms with van der Waals surface area (Å²) in [5, 5.41) is 10.9. The molecular formula is C12H17N5O. The zero-order valence-electron chi connectivity index (χ0n) is 10.8. The topological polar surface area (TPSA) is 64.9 Å². The molecule has 0 radical (unpaired) electrons. The van der Waals surface area contributed by atoms with Gasteiger partial charge in [0.25, 0.3) is 0 Å². The summed E-state index contributed by atoms with van der Waals surface area (Å²) in [6.45, 7) is 3.03. The third-order valence-corrected chi connectivity index (χ3v) is 2.58. The largest absolute Gasteiger partial charge is 0.484 e. The van der Waals surface area contributed by atoms with Crippen molar-refractivity contribution in [3.8, 4) is 5.75 Å². The zero-order valence-corrected chi connectivity index (χ0v) is 10.8. The van der Waals surface area contributed by atoms with Gasteiger partial charge < -0.3 is 14.6 Å². The average Bonchev–Trinajstić information content (AvgIpc) is 2.74. The van der Waals surface area contributed by atoms with Gasteiger partial charge in [0.2, 0.25) is 0 Å². The van der Waals surface area contributed by atoms with Crippen LogP contribution in [0.4, 0.5) is 0 Å². The summed E-state index contributed by atoms with van der Waals surface area (Å²) in [6.07, 6.45) is 1.65. The van der Waals surface area contributed by atoms with Crippen molar-refractivity contribution in [3.05, 3.63) is 35.7 Å². The number of ether oxygens (including phenoxy) is 1. The Balaban J connectivity index is 2.11. The second-order valence-electron chi connectivity index (χ2n) is 4.07. The van der Waals surface area contributed by atoms with Crippen LogP contribution in [0.1, 0.15) is 17.2 Å². The van der Waals surface area contributed by atoms with Crippen LogP contribution in [0, 0.1) is 6.92 Å². The second kappa shape index (κ2) is 5.59. The van der Waals surface area contributed by atoms with Gasteiger partial charge >= 0.3 is 0 Å². The Hall–Kier alpha value is -1.95. The molecule has 0 saturated carbocycles. The molecule has 2 aromatic rings. The Morgan fingerprint density at radius 1 is 1.39 bits per heavy atom. The molecule has 0 atom stereocenters. The van der Waals surface area contributed by atoms with E-state index in [0.29, 0.717) is 13.2 Å². The standard InChI is InChI=1S/C12H17N5O/c1-9-4-5-11(10(15-9)6-13-2)18-7-12-16-14-8-17(12)3/h4-5,8,13H,6-7H2,1-3H3. The smallest absolute Gasteiger partial charge is 0.170 e. The monoisotopic (exact) mass is 247 g/mol. The molecule has 0 amide bonds. The van der Waals surface area contributed by atoms with Crippen molar-refractivity contribution in [1.82, 2.24) is 25.1 Å². The van der Waals surface area contributed by atoms with Crippen LogP contribution in [0.2, 0.25) is 0 Å². The minimum Gasteiger partial charge on any atom is -0.484 e. The summed E-state index contributed by atoms with van der Waals surface area (Å²) in [4.78, 5) is 4.45. The van der Waals surface area contributed by atoms with E-state index in [-0.39, 0.29) is 0 Å². The highest BCUT2D eigenvalue weighted by Gasteiger charge is 2.07. The van der Waals surface area contributed by atoms with Gasteiger partial charge in [0.15, 0.2) is 5.82 Å². The van der Waals surface area contributed by atoms with Gasteiger partial charge in [-0.05, 0) is 26.1 Å². The number of pyridine rings is 1. The first-order valence-electron chi connectivity index (χ1n) is 5.77. The number of rotatable bonds is 5. The quantitative estimate of drug-likeness (QED) is 0.847. The Morgan fingerprint density at radius 3 is 2.89 bits per heavy atom. The minimum absolute atomic E-state index is 0.387. The van der Waals surface area contributed by atoms with Crippen LogP contribution in [-0.2, 0) is 20.2 Å². The SMILES string of the molecule is CNCc1nc(C)ccc1OCc1nncn1C. The zero-order chi connectivity index (χ0) is 13.0. The van der Waals surface area contributed by atoms with Gasteiger partial charge in [-0.2, -0.15) is 0 Å². The summed E-state index contributed by atoms with van der Waals surface area (Å²) in [5.74, 6) is 1.56. The first-order chi connectivity index (χ1) is 8.70. The molecule has 0 saturated heterocycles. The second-order valence-corrected chi connectivity index (χ2v) is 4.07. The molecule has 0 aliphatic carbocycles. The fourth-order valence-electron chi connectivity index (χ4n) is 1.60. The maximum Gasteiger partial charge on any atom is 0.170 e. The molecule has 0 aromatic carbocycles. The average molecular weight is 247 g/mol. The molecule has 0 unspecified atom stereocenters. The number of hydrogen-bond acceptors (Lipinski definition) is 5. The van der Waals surface area contributed by atoms with E-state index in [1.165, 1.54) is 0 Å². The molecular weight excluding hydrogens is 230 g/mol. The minimum atomic E-state index is 0.387. The first kappa shape index (κ1) is 12.5. The molecule has 2 aromatic heterocycles. The summed E-state index contributed by atoms with van der Waals surface area (Å²) < 4.78 is 7.58. The van der Waals surface area contributed by atoms with E-state index in [4.69, 9.17) is 4.74 Å². The fourth-order valence-corrected chi connectivity index (χ4v) is 1.60. The lowest BCUT2D eigenvalue weighted by molar-refractivity contribution is 0.286. The van der Waals surface area contributed by atoms with Crippen molar-refractivity contribution in [2.75, 3.05) is 7.05 Å². The van der Waals surface area contributed by atoms with E-state index in [0.717, 1.165) is 23.0 Å². The first-order valence-corrected chi connectivity index (χ1v) is 5.77. The van der Waals surface area contributed by atoms with Crippen LogP contribution in [0.15, 0.2) is 18.5 Å². The van der Waals surface area contributed by atoms with Gasteiger partial charge in [-0.1, -0.05) is 0 Å². The highest BCUT2D eigenvalue weighted by Crippen LogP contribution is 2.17. The number of nitrogens with zero attached hydrogens (tertiary/aromatic N) is 4. The molecule has 0 aliphatic rings. The van der Waals surface area contributed by atoms with E-state index in [9.17, 15) is 0 Å². The van der Waals surface area contributed by atoms with E-state index >= 15 is 0 Å². The maximum atomic E-state index is 5.74. The normalized spacial score (nSPS) is 10.6. The molecule has 0 fully saturated rings. The van der Waals surface area contributed by atoms with Crippen LogP contribution in [0.25, 0.3) is 0 Å². The van der Waals surface area contributed by atoms with Crippen LogP contribution in [0.3, 0.4) is 0 Å². The number of hydrogen-bond donors (Lipinski definition) is 1. The van der Waals surface area contributed by atoms with Crippen molar-refractivity contribution in [3.63, 3.8) is 0 Å². The molecule has 18 heavy (non-hydrogen) atoms. The van der Waals surface area contributed by atoms with E-state index in [1.54, 1.807) is 6.33 Å². The Morgan fingerprint density at radius 2 is 2.22 bits per heavy atom. The number of aromatic nitrogens is 4. The lowest BCUT2D eigenvalue weighted by atomic mass is 10.3. The van der Waals surface area contributed by atoms with Crippen LogP contribution in [0.5, 0.6) is 5.75 Å². The van der Waals surface area contributed by atoms with Crippen LogP contribution >= 0.6 is 0 Å². The van der Waals surface area contributed by atoms with E-state index in [1.807, 2.05) is 37.7 Å². The predicted molar refractivity (Wildman–Crippen MR) is 67.1 cm³/mol. The number of nitrogens with one attached hydrogen (secondary N) is 1. The third kappa shape index (κ3) is 2.84. The Labute approximate surface area is 106 Å². The lowest BCUT2D eigenvalue weighted by Crippen LogP contribution is -2.11. The molecule has 0 bridgehead atoms. The van der Waals surface area contributed by atoms with E-state index in [2.05, 4.69) is 20.5 Å². The van der Waals surface area contributed by atoms with Crippen LogP contribution < -0.4 is 10.1 Å². The molecule has 2 rings (SSSR count). The van der Waals surface area contributed by atoms with Gasteiger partial charge in [-0.15, -0.1) is 10.2 Å². The highest BCUT2D eigenvalue weighted by atomic mass is 16.5. The molecule has 96 valence electrons. The Bertz CT molecular complexity index is 523. The lowest BCUT2D eigenvalue weighted by Gasteiger charge is -2.10. The summed E-state index contributed by atoms with van der Waals surface area (Å²) in [7, 11) is 3.77. The van der Waals surface area contributed by atoms with E-state index < -0.39 is 0 Å². The summed E-state index contributed by atoms with van der Waals surface area (Å²) in [6, 6.07) is 3.87. The number of aryl methyl sites for hydroxylation is 2. The maximum absolute atomic E-state index is 5.74. The molecule has 6 nitrogen and oxygen atoms in total. The molecule has 1 N–H and O–H groups in total. The molecule has 2 heterocycles. The van der Waals surface area contributed by atoms with Gasteiger partial charge in [0.1, 0.15) is 18.7 Å². The van der Waals surface area contributed by atoms with Gasteiger partial charge in [-0.25, -0.2) is 0 Å². The molecule has 6 heteroatoms. The summed E-state index contributed by atoms with van der Waals surface area (Å²) >= 11 is 0.